The maximum absolute atomic E-state index is 13.0. The number of benzene rings is 2. The van der Waals surface area contributed by atoms with Gasteiger partial charge in [-0.1, -0.05) is 6.07 Å². The Morgan fingerprint density at radius 1 is 0.974 bits per heavy atom. The third-order valence-corrected chi connectivity index (χ3v) is 7.01. The Kier molecular flexibility index (Phi) is 8.95. The van der Waals surface area contributed by atoms with E-state index in [9.17, 15) is 22.8 Å². The lowest BCUT2D eigenvalue weighted by Crippen LogP contribution is -2.25. The molecule has 0 fully saturated rings. The number of Topliss-reactive ketones (excluding diaryl/α,β-unsaturated/α-hetero) is 1. The Hall–Kier alpha value is -4.12. The molecule has 3 rings (SSSR count). The van der Waals surface area contributed by atoms with Crippen LogP contribution in [-0.2, 0) is 19.5 Å². The SMILES string of the molecule is CCOC(=O)c1c(C)[nH]c(C(=O)[C@H](C)OC(=O)c2cccc(NS(=O)(=O)c3ccc(OCC)cc3)c2)c1C. The van der Waals surface area contributed by atoms with Crippen molar-refractivity contribution in [3.63, 3.8) is 0 Å². The van der Waals surface area contributed by atoms with Crippen molar-refractivity contribution in [2.24, 2.45) is 0 Å². The highest BCUT2D eigenvalue weighted by atomic mass is 32.2. The number of aromatic amines is 1. The lowest BCUT2D eigenvalue weighted by molar-refractivity contribution is 0.0316. The Bertz CT molecular complexity index is 1440. The Labute approximate surface area is 221 Å². The number of rotatable bonds is 11. The summed E-state index contributed by atoms with van der Waals surface area (Å²) in [6, 6.07) is 11.7. The van der Waals surface area contributed by atoms with E-state index in [-0.39, 0.29) is 34.0 Å². The van der Waals surface area contributed by atoms with Gasteiger partial charge >= 0.3 is 11.9 Å². The highest BCUT2D eigenvalue weighted by Crippen LogP contribution is 2.23. The van der Waals surface area contributed by atoms with Crippen LogP contribution in [0.1, 0.15) is 63.2 Å². The number of ether oxygens (including phenoxy) is 3. The lowest BCUT2D eigenvalue weighted by Gasteiger charge is -2.13. The monoisotopic (exact) mass is 542 g/mol. The van der Waals surface area contributed by atoms with E-state index in [2.05, 4.69) is 9.71 Å². The summed E-state index contributed by atoms with van der Waals surface area (Å²) in [5.41, 5.74) is 1.46. The fourth-order valence-electron chi connectivity index (χ4n) is 3.80. The van der Waals surface area contributed by atoms with Crippen molar-refractivity contribution >= 4 is 33.4 Å². The van der Waals surface area contributed by atoms with Gasteiger partial charge < -0.3 is 19.2 Å². The van der Waals surface area contributed by atoms with Crippen LogP contribution in [0, 0.1) is 13.8 Å². The molecule has 11 heteroatoms. The highest BCUT2D eigenvalue weighted by Gasteiger charge is 2.28. The van der Waals surface area contributed by atoms with Gasteiger partial charge in [-0.05, 0) is 82.6 Å². The largest absolute Gasteiger partial charge is 0.494 e. The smallest absolute Gasteiger partial charge is 0.340 e. The summed E-state index contributed by atoms with van der Waals surface area (Å²) in [6.07, 6.45) is -1.18. The summed E-state index contributed by atoms with van der Waals surface area (Å²) in [7, 11) is -3.93. The van der Waals surface area contributed by atoms with Crippen LogP contribution >= 0.6 is 0 Å². The molecule has 1 aromatic heterocycles. The summed E-state index contributed by atoms with van der Waals surface area (Å²) in [4.78, 5) is 40.9. The molecule has 0 unspecified atom stereocenters. The normalized spacial score (nSPS) is 11.9. The van der Waals surface area contributed by atoms with E-state index >= 15 is 0 Å². The molecule has 0 saturated carbocycles. The number of sulfonamides is 1. The molecule has 0 saturated heterocycles. The number of aromatic nitrogens is 1. The van der Waals surface area contributed by atoms with Gasteiger partial charge in [0, 0.05) is 11.4 Å². The van der Waals surface area contributed by atoms with Gasteiger partial charge in [0.05, 0.1) is 34.9 Å². The van der Waals surface area contributed by atoms with E-state index < -0.39 is 33.8 Å². The zero-order valence-corrected chi connectivity index (χ0v) is 22.6. The molecule has 1 atom stereocenters. The number of ketones is 1. The maximum atomic E-state index is 13.0. The van der Waals surface area contributed by atoms with Gasteiger partial charge in [-0.15, -0.1) is 0 Å². The number of esters is 2. The molecule has 10 nitrogen and oxygen atoms in total. The zero-order chi connectivity index (χ0) is 28.0. The van der Waals surface area contributed by atoms with Crippen molar-refractivity contribution in [3.8, 4) is 5.75 Å². The second kappa shape index (κ2) is 12.0. The molecule has 1 heterocycles. The first-order valence-corrected chi connectivity index (χ1v) is 13.4. The molecule has 3 aromatic rings. The third kappa shape index (κ3) is 6.41. The molecular formula is C27H30N2O8S. The van der Waals surface area contributed by atoms with Gasteiger partial charge in [0.25, 0.3) is 10.0 Å². The fraction of sp³-hybridized carbons (Fsp3) is 0.296. The van der Waals surface area contributed by atoms with Crippen LogP contribution in [0.2, 0.25) is 0 Å². The molecule has 2 aromatic carbocycles. The molecule has 0 bridgehead atoms. The van der Waals surface area contributed by atoms with Crippen LogP contribution in [0.25, 0.3) is 0 Å². The van der Waals surface area contributed by atoms with E-state index in [0.717, 1.165) is 0 Å². The van der Waals surface area contributed by atoms with E-state index in [1.165, 1.54) is 43.3 Å². The van der Waals surface area contributed by atoms with Crippen LogP contribution < -0.4 is 9.46 Å². The highest BCUT2D eigenvalue weighted by molar-refractivity contribution is 7.92. The number of carbonyl (C=O) groups is 3. The Morgan fingerprint density at radius 2 is 1.66 bits per heavy atom. The van der Waals surface area contributed by atoms with Gasteiger partial charge in [-0.3, -0.25) is 9.52 Å². The number of hydrogen-bond donors (Lipinski definition) is 2. The lowest BCUT2D eigenvalue weighted by atomic mass is 10.1. The molecule has 38 heavy (non-hydrogen) atoms. The number of aryl methyl sites for hydroxylation is 1. The second-order valence-electron chi connectivity index (χ2n) is 8.35. The molecule has 0 aliphatic rings. The minimum atomic E-state index is -3.93. The van der Waals surface area contributed by atoms with Gasteiger partial charge in [-0.2, -0.15) is 0 Å². The van der Waals surface area contributed by atoms with Crippen LogP contribution in [0.3, 0.4) is 0 Å². The predicted molar refractivity (Wildman–Crippen MR) is 140 cm³/mol. The van der Waals surface area contributed by atoms with Crippen molar-refractivity contribution in [1.82, 2.24) is 4.98 Å². The summed E-state index contributed by atoms with van der Waals surface area (Å²) in [6.45, 7) is 8.82. The quantitative estimate of drug-likeness (QED) is 0.268. The van der Waals surface area contributed by atoms with Gasteiger partial charge in [0.1, 0.15) is 5.75 Å². The summed E-state index contributed by atoms with van der Waals surface area (Å²) in [5.74, 6) is -1.35. The zero-order valence-electron chi connectivity index (χ0n) is 21.8. The third-order valence-electron chi connectivity index (χ3n) is 5.61. The van der Waals surface area contributed by atoms with Crippen molar-refractivity contribution < 1.29 is 37.0 Å². The average molecular weight is 543 g/mol. The molecule has 2 N–H and O–H groups in total. The second-order valence-corrected chi connectivity index (χ2v) is 10.0. The van der Waals surface area contributed by atoms with Gasteiger partial charge in [-0.25, -0.2) is 18.0 Å². The first kappa shape index (κ1) is 28.5. The van der Waals surface area contributed by atoms with Crippen LogP contribution in [-0.4, -0.2) is 50.4 Å². The Morgan fingerprint density at radius 3 is 2.29 bits per heavy atom. The maximum Gasteiger partial charge on any atom is 0.340 e. The topological polar surface area (TPSA) is 141 Å². The van der Waals surface area contributed by atoms with Crippen molar-refractivity contribution in [2.75, 3.05) is 17.9 Å². The van der Waals surface area contributed by atoms with Crippen molar-refractivity contribution in [2.45, 2.75) is 45.6 Å². The molecule has 202 valence electrons. The van der Waals surface area contributed by atoms with E-state index in [1.54, 1.807) is 32.9 Å². The molecule has 0 aliphatic carbocycles. The number of H-pyrrole nitrogens is 1. The van der Waals surface area contributed by atoms with Crippen LogP contribution in [0.4, 0.5) is 5.69 Å². The summed E-state index contributed by atoms with van der Waals surface area (Å²) >= 11 is 0. The molecular weight excluding hydrogens is 512 g/mol. The molecule has 0 radical (unpaired) electrons. The molecule has 0 amide bonds. The molecule has 0 spiro atoms. The average Bonchev–Trinajstić information content (AvgIpc) is 3.17. The van der Waals surface area contributed by atoms with Crippen molar-refractivity contribution in [1.29, 1.82) is 0 Å². The molecule has 0 aliphatic heterocycles. The van der Waals surface area contributed by atoms with Crippen molar-refractivity contribution in [3.05, 3.63) is 76.6 Å². The van der Waals surface area contributed by atoms with Gasteiger partial charge in [0.15, 0.2) is 6.10 Å². The van der Waals surface area contributed by atoms with E-state index in [1.807, 2.05) is 6.92 Å². The minimum absolute atomic E-state index is 0.0203. The number of hydrogen-bond acceptors (Lipinski definition) is 8. The minimum Gasteiger partial charge on any atom is -0.494 e. The summed E-state index contributed by atoms with van der Waals surface area (Å²) in [5, 5.41) is 0. The van der Waals surface area contributed by atoms with Crippen LogP contribution in [0.15, 0.2) is 53.4 Å². The van der Waals surface area contributed by atoms with Gasteiger partial charge in [0.2, 0.25) is 5.78 Å². The first-order chi connectivity index (χ1) is 18.0. The van der Waals surface area contributed by atoms with Crippen LogP contribution in [0.5, 0.6) is 5.75 Å². The first-order valence-electron chi connectivity index (χ1n) is 12.0. The van der Waals surface area contributed by atoms with E-state index in [0.29, 0.717) is 23.6 Å². The number of nitrogens with one attached hydrogen (secondary N) is 2. The fourth-order valence-corrected chi connectivity index (χ4v) is 4.85. The Balaban J connectivity index is 1.72. The predicted octanol–water partition coefficient (Wildman–Crippen LogP) is 4.44. The standard InChI is InChI=1S/C27H30N2O8S/c1-6-35-21-11-13-22(14-12-21)38(33,34)29-20-10-8-9-19(15-20)26(31)37-18(5)25(30)24-16(3)23(17(4)28-24)27(32)36-7-2/h8-15,18,28-29H,6-7H2,1-5H3/t18-/m0/s1. The van der Waals surface area contributed by atoms with E-state index in [4.69, 9.17) is 14.2 Å². The number of carbonyl (C=O) groups excluding carboxylic acids is 3. The number of anilines is 1. The summed E-state index contributed by atoms with van der Waals surface area (Å²) < 4.78 is 43.7.